The molecule has 6 saturated heterocycles. The largest absolute Gasteiger partial charge is 0.390 e. The lowest BCUT2D eigenvalue weighted by atomic mass is 9.68. The van der Waals surface area contributed by atoms with Crippen molar-refractivity contribution in [2.75, 3.05) is 13.3 Å². The number of hydrogen-bond acceptors (Lipinski definition) is 14. The summed E-state index contributed by atoms with van der Waals surface area (Å²) in [6.07, 6.45) is 0. The molecule has 6 heterocycles. The summed E-state index contributed by atoms with van der Waals surface area (Å²) in [6, 6.07) is 0. The normalized spacial score (nSPS) is 27.0. The maximum atomic E-state index is 12.5. The molecule has 3 spiro atoms. The van der Waals surface area contributed by atoms with Crippen molar-refractivity contribution in [2.45, 2.75) is 0 Å². The van der Waals surface area contributed by atoms with Crippen LogP contribution in [0.2, 0.25) is 0 Å². The lowest BCUT2D eigenvalue weighted by Gasteiger charge is -2.56. The maximum Gasteiger partial charge on any atom is 0.351 e. The van der Waals surface area contributed by atoms with Gasteiger partial charge in [-0.05, 0) is 0 Å². The number of rotatable bonds is 4. The van der Waals surface area contributed by atoms with Crippen molar-refractivity contribution in [3.63, 3.8) is 0 Å². The minimum atomic E-state index is -2.86. The molecule has 8 amide bonds. The second-order valence-corrected chi connectivity index (χ2v) is 8.04. The van der Waals surface area contributed by atoms with Crippen LogP contribution in [-0.2, 0) is 67.0 Å². The molecular weight excluding hydrogens is 484 g/mol. The van der Waals surface area contributed by atoms with Crippen LogP contribution in [0.5, 0.6) is 0 Å². The van der Waals surface area contributed by atoms with E-state index >= 15 is 0 Å². The highest BCUT2D eigenvalue weighted by Gasteiger charge is 2.85. The number of carbonyl (C=O) groups excluding carboxylic acids is 12. The Morgan fingerprint density at radius 1 is 0.371 bits per heavy atom. The average Bonchev–Trinajstić information content (AvgIpc) is 2.79. The molecule has 18 heteroatoms. The van der Waals surface area contributed by atoms with Crippen LogP contribution in [0.15, 0.2) is 0 Å². The van der Waals surface area contributed by atoms with Crippen molar-refractivity contribution in [1.29, 1.82) is 0 Å². The second kappa shape index (κ2) is 5.32. The zero-order chi connectivity index (χ0) is 25.6. The zero-order valence-corrected chi connectivity index (χ0v) is 16.4. The molecule has 6 aliphatic heterocycles. The maximum absolute atomic E-state index is 12.5. The fourth-order valence-corrected chi connectivity index (χ4v) is 4.55. The molecule has 0 aromatic heterocycles. The van der Waals surface area contributed by atoms with Gasteiger partial charge in [-0.15, -0.1) is 0 Å². The minimum Gasteiger partial charge on any atom is -0.390 e. The first-order chi connectivity index (χ1) is 16.3. The first kappa shape index (κ1) is 20.4. The molecule has 35 heavy (non-hydrogen) atoms. The molecule has 0 radical (unpaired) electrons. The van der Waals surface area contributed by atoms with Crippen molar-refractivity contribution in [3.05, 3.63) is 0 Å². The molecule has 0 aliphatic carbocycles. The Morgan fingerprint density at radius 2 is 0.571 bits per heavy atom. The molecular formula is C17H4N4O14. The fraction of sp³-hybridized carbons (Fsp3) is 0.294. The molecule has 0 bridgehead atoms. The van der Waals surface area contributed by atoms with Crippen molar-refractivity contribution in [2.24, 2.45) is 16.2 Å². The third-order valence-corrected chi connectivity index (χ3v) is 6.69. The number of imide groups is 4. The summed E-state index contributed by atoms with van der Waals surface area (Å²) in [4.78, 5) is 145. The van der Waals surface area contributed by atoms with Crippen LogP contribution in [0, 0.1) is 16.2 Å². The smallest absolute Gasteiger partial charge is 0.351 e. The van der Waals surface area contributed by atoms with Gasteiger partial charge in [0.05, 0.1) is 0 Å². The molecule has 18 nitrogen and oxygen atoms in total. The number of ether oxygens (including phenoxy) is 2. The third-order valence-electron chi connectivity index (χ3n) is 6.69. The molecule has 0 saturated carbocycles. The van der Waals surface area contributed by atoms with Crippen LogP contribution in [0.4, 0.5) is 0 Å². The molecule has 6 rings (SSSR count). The van der Waals surface area contributed by atoms with Gasteiger partial charge in [0, 0.05) is 0 Å². The highest BCUT2D eigenvalue weighted by molar-refractivity contribution is 6.54. The Hall–Kier alpha value is -5.16. The Balaban J connectivity index is 1.14. The summed E-state index contributed by atoms with van der Waals surface area (Å²) < 4.78 is 7.97. The van der Waals surface area contributed by atoms with E-state index in [9.17, 15) is 57.5 Å². The van der Waals surface area contributed by atoms with Crippen molar-refractivity contribution < 1.29 is 67.0 Å². The number of hydrogen-bond donors (Lipinski definition) is 0. The van der Waals surface area contributed by atoms with Gasteiger partial charge in [-0.2, -0.15) is 0 Å². The van der Waals surface area contributed by atoms with E-state index in [4.69, 9.17) is 0 Å². The van der Waals surface area contributed by atoms with Crippen LogP contribution >= 0.6 is 0 Å². The summed E-state index contributed by atoms with van der Waals surface area (Å²) in [6.45, 7) is -2.18. The molecule has 176 valence electrons. The molecule has 0 aromatic carbocycles. The number of likely N-dealkylation sites (tertiary alicyclic amines) is 4. The highest BCUT2D eigenvalue weighted by atomic mass is 16.6. The highest BCUT2D eigenvalue weighted by Crippen LogP contribution is 2.49. The standard InChI is InChI=1S/C17H4N4O14/c22-3-15(4(23)18(3)1-20-7(26)16(8(20)27)11(30)34-12(16)31)5(24)19(6(15)25)2-21-9(28)17(10(21)29)13(32)35-14(17)33/h1-2H2. The predicted octanol–water partition coefficient (Wildman–Crippen LogP) is -6.50. The predicted molar refractivity (Wildman–Crippen MR) is 86.6 cm³/mol. The van der Waals surface area contributed by atoms with E-state index in [1.807, 2.05) is 0 Å². The zero-order valence-electron chi connectivity index (χ0n) is 16.4. The molecule has 6 fully saturated rings. The van der Waals surface area contributed by atoms with Crippen molar-refractivity contribution in [1.82, 2.24) is 19.6 Å². The number of amides is 8. The van der Waals surface area contributed by atoms with E-state index in [-0.39, 0.29) is 19.6 Å². The number of carbonyl (C=O) groups is 12. The summed E-state index contributed by atoms with van der Waals surface area (Å²) in [5.74, 6) is -16.8. The topological polar surface area (TPSA) is 236 Å². The Kier molecular flexibility index (Phi) is 3.11. The van der Waals surface area contributed by atoms with Gasteiger partial charge in [0.15, 0.2) is 0 Å². The molecule has 0 atom stereocenters. The van der Waals surface area contributed by atoms with Crippen LogP contribution in [-0.4, -0.2) is 104 Å². The van der Waals surface area contributed by atoms with Crippen LogP contribution in [0.3, 0.4) is 0 Å². The number of esters is 4. The monoisotopic (exact) mass is 488 g/mol. The molecule has 0 aromatic rings. The molecule has 0 N–H and O–H groups in total. The Bertz CT molecular complexity index is 1220. The summed E-state index contributed by atoms with van der Waals surface area (Å²) in [5, 5.41) is 0. The average molecular weight is 488 g/mol. The number of β-lactam (4-membered cyclic amide) rings is 8. The van der Waals surface area contributed by atoms with E-state index in [0.717, 1.165) is 0 Å². The first-order valence-electron chi connectivity index (χ1n) is 9.32. The molecule has 0 unspecified atom stereocenters. The van der Waals surface area contributed by atoms with Gasteiger partial charge in [-0.25, -0.2) is 19.2 Å². The minimum absolute atomic E-state index is 0.183. The van der Waals surface area contributed by atoms with Gasteiger partial charge >= 0.3 is 34.7 Å². The quantitative estimate of drug-likeness (QED) is 0.203. The van der Waals surface area contributed by atoms with Crippen molar-refractivity contribution in [3.8, 4) is 0 Å². The number of cyclic esters (lactones) is 4. The van der Waals surface area contributed by atoms with Gasteiger partial charge in [0.2, 0.25) is 0 Å². The summed E-state index contributed by atoms with van der Waals surface area (Å²) in [7, 11) is 0. The van der Waals surface area contributed by atoms with Crippen molar-refractivity contribution >= 4 is 71.1 Å². The van der Waals surface area contributed by atoms with Gasteiger partial charge < -0.3 is 9.47 Å². The van der Waals surface area contributed by atoms with E-state index in [2.05, 4.69) is 9.47 Å². The van der Waals surface area contributed by atoms with Gasteiger partial charge in [0.1, 0.15) is 13.3 Å². The Morgan fingerprint density at radius 3 is 0.771 bits per heavy atom. The van der Waals surface area contributed by atoms with Gasteiger partial charge in [-0.1, -0.05) is 0 Å². The Labute approximate surface area is 188 Å². The van der Waals surface area contributed by atoms with E-state index in [0.29, 0.717) is 0 Å². The van der Waals surface area contributed by atoms with Gasteiger partial charge in [0.25, 0.3) is 52.7 Å². The van der Waals surface area contributed by atoms with Crippen LogP contribution < -0.4 is 0 Å². The second-order valence-electron chi connectivity index (χ2n) is 8.04. The van der Waals surface area contributed by atoms with Crippen LogP contribution in [0.1, 0.15) is 0 Å². The van der Waals surface area contributed by atoms with Gasteiger partial charge in [-0.3, -0.25) is 58.0 Å². The van der Waals surface area contributed by atoms with E-state index in [1.165, 1.54) is 0 Å². The summed E-state index contributed by atoms with van der Waals surface area (Å²) in [5.41, 5.74) is -8.20. The first-order valence-corrected chi connectivity index (χ1v) is 9.32. The molecule has 6 aliphatic rings. The lowest BCUT2D eigenvalue weighted by Crippen LogP contribution is -2.88. The van der Waals surface area contributed by atoms with E-state index < -0.39 is 101 Å². The third kappa shape index (κ3) is 1.58. The lowest BCUT2D eigenvalue weighted by molar-refractivity contribution is -0.217. The van der Waals surface area contributed by atoms with Crippen LogP contribution in [0.25, 0.3) is 0 Å². The van der Waals surface area contributed by atoms with E-state index in [1.54, 1.807) is 0 Å². The SMILES string of the molecule is O=C1OC(=O)C12C(=O)N(CN1C(=O)C3(C1=O)C(=O)N(CN1C(=O)C4(C(=O)OC4=O)C1=O)C3=O)C2=O. The number of nitrogens with zero attached hydrogens (tertiary/aromatic N) is 4. The fourth-order valence-electron chi connectivity index (χ4n) is 4.55. The summed E-state index contributed by atoms with van der Waals surface area (Å²) >= 11 is 0.